The Morgan fingerprint density at radius 3 is 2.67 bits per heavy atom. The zero-order chi connectivity index (χ0) is 26.9. The van der Waals surface area contributed by atoms with Gasteiger partial charge in [-0.15, -0.1) is 0 Å². The lowest BCUT2D eigenvalue weighted by atomic mass is 9.78. The minimum absolute atomic E-state index is 0.0993. The lowest BCUT2D eigenvalue weighted by Gasteiger charge is -2.41. The number of hydrogen-bond donors (Lipinski definition) is 2. The monoisotopic (exact) mass is 551 g/mol. The average Bonchev–Trinajstić information content (AvgIpc) is 3.42. The predicted molar refractivity (Wildman–Crippen MR) is 149 cm³/mol. The van der Waals surface area contributed by atoms with Gasteiger partial charge >= 0.3 is 0 Å². The van der Waals surface area contributed by atoms with Gasteiger partial charge in [0.05, 0.1) is 24.0 Å². The summed E-state index contributed by atoms with van der Waals surface area (Å²) in [6.07, 6.45) is 9.13. The van der Waals surface area contributed by atoms with E-state index in [-0.39, 0.29) is 23.6 Å². The molecule has 1 aliphatic heterocycles. The van der Waals surface area contributed by atoms with Crippen LogP contribution in [0.1, 0.15) is 56.0 Å². The predicted octanol–water partition coefficient (Wildman–Crippen LogP) is 4.96. The molecule has 6 rings (SSSR count). The summed E-state index contributed by atoms with van der Waals surface area (Å²) in [5.74, 6) is 1.68. The van der Waals surface area contributed by atoms with Gasteiger partial charge in [-0.3, -0.25) is 4.90 Å². The van der Waals surface area contributed by atoms with Crippen LogP contribution in [0, 0.1) is 24.6 Å². The number of aromatic amines is 1. The number of hydrogen-bond acceptors (Lipinski definition) is 7. The van der Waals surface area contributed by atoms with E-state index in [9.17, 15) is 12.8 Å². The molecule has 0 amide bonds. The van der Waals surface area contributed by atoms with Gasteiger partial charge in [-0.25, -0.2) is 27.8 Å². The van der Waals surface area contributed by atoms with E-state index in [2.05, 4.69) is 19.9 Å². The number of pyridine rings is 1. The highest BCUT2D eigenvalue weighted by molar-refractivity contribution is 7.73. The first kappa shape index (κ1) is 26.1. The maximum Gasteiger partial charge on any atom is 0.156 e. The molecule has 0 radical (unpaired) electrons. The highest BCUT2D eigenvalue weighted by Gasteiger charge is 2.37. The second-order valence-corrected chi connectivity index (χ2v) is 12.1. The lowest BCUT2D eigenvalue weighted by molar-refractivity contribution is 0.0898. The van der Waals surface area contributed by atoms with Crippen LogP contribution < -0.4 is 4.74 Å². The second kappa shape index (κ2) is 11.2. The molecule has 2 atom stereocenters. The zero-order valence-corrected chi connectivity index (χ0v) is 22.9. The van der Waals surface area contributed by atoms with Crippen molar-refractivity contribution in [1.29, 1.82) is 0 Å². The molecule has 2 fully saturated rings. The van der Waals surface area contributed by atoms with Gasteiger partial charge in [0.25, 0.3) is 0 Å². The number of H-pyrrole nitrogens is 1. The van der Waals surface area contributed by atoms with Gasteiger partial charge in [-0.2, -0.15) is 0 Å². The van der Waals surface area contributed by atoms with Crippen LogP contribution in [0.5, 0.6) is 5.75 Å². The van der Waals surface area contributed by atoms with E-state index in [1.165, 1.54) is 12.1 Å². The number of likely N-dealkylation sites (tertiary alicyclic amines) is 1. The van der Waals surface area contributed by atoms with Crippen LogP contribution in [0.2, 0.25) is 0 Å². The molecule has 2 aliphatic rings. The van der Waals surface area contributed by atoms with E-state index in [0.29, 0.717) is 18.9 Å². The molecule has 4 aromatic rings. The van der Waals surface area contributed by atoms with Crippen LogP contribution in [0.15, 0.2) is 42.7 Å². The number of benzene rings is 1. The molecule has 0 bridgehead atoms. The van der Waals surface area contributed by atoms with E-state index in [1.54, 1.807) is 12.1 Å². The Morgan fingerprint density at radius 2 is 1.90 bits per heavy atom. The van der Waals surface area contributed by atoms with Gasteiger partial charge in [0.1, 0.15) is 28.4 Å². The highest BCUT2D eigenvalue weighted by Crippen LogP contribution is 2.41. The Kier molecular flexibility index (Phi) is 7.49. The molecule has 1 saturated carbocycles. The first-order chi connectivity index (χ1) is 19.0. The van der Waals surface area contributed by atoms with E-state index >= 15 is 0 Å². The molecule has 1 aliphatic carbocycles. The fourth-order valence-electron chi connectivity index (χ4n) is 6.59. The first-order valence-corrected chi connectivity index (χ1v) is 15.1. The van der Waals surface area contributed by atoms with Crippen LogP contribution in [0.3, 0.4) is 0 Å². The Labute approximate surface area is 229 Å². The molecule has 0 spiro atoms. The van der Waals surface area contributed by atoms with Gasteiger partial charge in [0, 0.05) is 35.3 Å². The Bertz CT molecular complexity index is 1520. The van der Waals surface area contributed by atoms with Crippen LogP contribution in [-0.2, 0) is 10.7 Å². The van der Waals surface area contributed by atoms with Crippen molar-refractivity contribution in [2.75, 3.05) is 19.7 Å². The molecule has 206 valence electrons. The van der Waals surface area contributed by atoms with Crippen LogP contribution in [0.4, 0.5) is 4.39 Å². The van der Waals surface area contributed by atoms with Crippen LogP contribution in [0.25, 0.3) is 21.9 Å². The minimum Gasteiger partial charge on any atom is -0.493 e. The first-order valence-electron chi connectivity index (χ1n) is 13.8. The molecule has 3 aromatic heterocycles. The molecule has 1 aromatic carbocycles. The Balaban J connectivity index is 1.15. The zero-order valence-electron chi connectivity index (χ0n) is 22.1. The van der Waals surface area contributed by atoms with Crippen LogP contribution >= 0.6 is 0 Å². The quantitative estimate of drug-likeness (QED) is 0.313. The van der Waals surface area contributed by atoms with Crippen molar-refractivity contribution in [2.45, 2.75) is 56.7 Å². The Hall–Kier alpha value is -3.11. The third-order valence-electron chi connectivity index (χ3n) is 8.41. The van der Waals surface area contributed by atoms with Gasteiger partial charge in [0.2, 0.25) is 0 Å². The molecule has 1 N–H and O–H groups in total. The van der Waals surface area contributed by atoms with Crippen molar-refractivity contribution < 1.29 is 17.5 Å². The van der Waals surface area contributed by atoms with Gasteiger partial charge in [-0.05, 0) is 88.2 Å². The number of aryl methyl sites for hydroxylation is 1. The van der Waals surface area contributed by atoms with E-state index in [1.807, 2.05) is 25.4 Å². The van der Waals surface area contributed by atoms with E-state index in [4.69, 9.17) is 9.72 Å². The standard InChI is InChI=1S/C29H34FN5O3S/c1-18-33-25-15-32-28-24(12-13-31-28)26(25)27(34-18)20-4-6-21(7-5-20)29(39(36)37)35-14-2-3-19(16-35)17-38-23-10-8-22(30)9-11-23/h8-13,15,19-21,29,39H,2-7,14,16-17H2,1H3,(H,31,32). The lowest BCUT2D eigenvalue weighted by Crippen LogP contribution is -2.48. The summed E-state index contributed by atoms with van der Waals surface area (Å²) in [5.41, 5.74) is 2.74. The Morgan fingerprint density at radius 1 is 1.10 bits per heavy atom. The summed E-state index contributed by atoms with van der Waals surface area (Å²) >= 11 is 0. The third-order valence-corrected chi connectivity index (χ3v) is 9.59. The maximum atomic E-state index is 13.2. The molecule has 39 heavy (non-hydrogen) atoms. The van der Waals surface area contributed by atoms with Gasteiger partial charge < -0.3 is 9.72 Å². The van der Waals surface area contributed by atoms with Gasteiger partial charge in [0.15, 0.2) is 10.7 Å². The number of thiol groups is 1. The number of aromatic nitrogens is 4. The molecule has 10 heteroatoms. The summed E-state index contributed by atoms with van der Waals surface area (Å²) in [4.78, 5) is 19.4. The fraction of sp³-hybridized carbons (Fsp3) is 0.483. The van der Waals surface area contributed by atoms with Crippen LogP contribution in [-0.4, -0.2) is 58.3 Å². The molecular weight excluding hydrogens is 517 g/mol. The molecule has 8 nitrogen and oxygen atoms in total. The number of piperidine rings is 1. The highest BCUT2D eigenvalue weighted by atomic mass is 32.2. The van der Waals surface area contributed by atoms with Crippen molar-refractivity contribution >= 4 is 32.6 Å². The topological polar surface area (TPSA) is 101 Å². The van der Waals surface area contributed by atoms with Gasteiger partial charge in [-0.1, -0.05) is 0 Å². The maximum absolute atomic E-state index is 13.2. The van der Waals surface area contributed by atoms with Crippen molar-refractivity contribution in [3.8, 4) is 5.75 Å². The normalized spacial score (nSPS) is 23.4. The SMILES string of the molecule is Cc1nc(C2CCC(C(N3CCCC(COc4ccc(F)cc4)C3)[SH](=O)=O)CC2)c2c(cnc3[nH]ccc32)n1. The van der Waals surface area contributed by atoms with E-state index in [0.717, 1.165) is 78.5 Å². The summed E-state index contributed by atoms with van der Waals surface area (Å²) < 4.78 is 44.3. The third kappa shape index (κ3) is 5.49. The average molecular weight is 552 g/mol. The number of nitrogens with one attached hydrogen (secondary N) is 1. The smallest absolute Gasteiger partial charge is 0.156 e. The number of rotatable bonds is 7. The number of fused-ring (bicyclic) bond motifs is 3. The largest absolute Gasteiger partial charge is 0.493 e. The molecule has 1 saturated heterocycles. The van der Waals surface area contributed by atoms with Crippen molar-refractivity contribution in [3.05, 3.63) is 60.1 Å². The summed E-state index contributed by atoms with van der Waals surface area (Å²) in [7, 11) is -2.60. The minimum atomic E-state index is -2.60. The number of halogens is 1. The van der Waals surface area contributed by atoms with Crippen molar-refractivity contribution in [3.63, 3.8) is 0 Å². The van der Waals surface area contributed by atoms with Crippen molar-refractivity contribution in [1.82, 2.24) is 24.8 Å². The van der Waals surface area contributed by atoms with Crippen molar-refractivity contribution in [2.24, 2.45) is 11.8 Å². The van der Waals surface area contributed by atoms with E-state index < -0.39 is 16.1 Å². The summed E-state index contributed by atoms with van der Waals surface area (Å²) in [6, 6.07) is 8.07. The summed E-state index contributed by atoms with van der Waals surface area (Å²) in [5, 5.41) is 1.63. The molecular formula is C29H34FN5O3S. The number of ether oxygens (including phenoxy) is 1. The summed E-state index contributed by atoms with van der Waals surface area (Å²) in [6.45, 7) is 3.90. The molecule has 4 heterocycles. The number of nitrogens with zero attached hydrogens (tertiary/aromatic N) is 4. The fourth-order valence-corrected chi connectivity index (χ4v) is 7.71. The second-order valence-electron chi connectivity index (χ2n) is 11.0. The molecule has 2 unspecified atom stereocenters.